The summed E-state index contributed by atoms with van der Waals surface area (Å²) in [6.45, 7) is 6.46. The van der Waals surface area contributed by atoms with Crippen LogP contribution in [0.4, 0.5) is 0 Å². The van der Waals surface area contributed by atoms with E-state index in [-0.39, 0.29) is 5.97 Å². The van der Waals surface area contributed by atoms with Crippen LogP contribution in [-0.2, 0) is 17.7 Å². The Morgan fingerprint density at radius 3 is 2.80 bits per heavy atom. The Kier molecular flexibility index (Phi) is 4.71. The molecule has 1 heterocycles. The van der Waals surface area contributed by atoms with Gasteiger partial charge in [0.25, 0.3) is 0 Å². The maximum atomic E-state index is 11.9. The number of esters is 1. The van der Waals surface area contributed by atoms with Crippen molar-refractivity contribution in [2.45, 2.75) is 19.9 Å². The summed E-state index contributed by atoms with van der Waals surface area (Å²) in [6.07, 6.45) is 4.23. The molecule has 0 amide bonds. The largest absolute Gasteiger partial charge is 0.461 e. The smallest absolute Gasteiger partial charge is 0.359 e. The molecule has 0 spiro atoms. The minimum atomic E-state index is -0.379. The first-order chi connectivity index (χ1) is 9.74. The topological polar surface area (TPSA) is 44.1 Å². The molecule has 104 valence electrons. The van der Waals surface area contributed by atoms with E-state index in [1.807, 2.05) is 36.5 Å². The predicted molar refractivity (Wildman–Crippen MR) is 77.6 cm³/mol. The molecule has 0 aliphatic carbocycles. The number of hydrogen-bond acceptors (Lipinski definition) is 3. The van der Waals surface area contributed by atoms with Crippen molar-refractivity contribution in [1.29, 1.82) is 0 Å². The van der Waals surface area contributed by atoms with Gasteiger partial charge < -0.3 is 4.74 Å². The van der Waals surface area contributed by atoms with Gasteiger partial charge in [-0.3, -0.25) is 4.68 Å². The summed E-state index contributed by atoms with van der Waals surface area (Å²) in [4.78, 5) is 11.9. The Balaban J connectivity index is 2.24. The van der Waals surface area contributed by atoms with Crippen LogP contribution in [0.25, 0.3) is 0 Å². The monoisotopic (exact) mass is 270 g/mol. The molecule has 4 nitrogen and oxygen atoms in total. The number of aromatic nitrogens is 2. The predicted octanol–water partition coefficient (Wildman–Crippen LogP) is 2.84. The molecule has 0 bridgehead atoms. The molecular formula is C16H18N2O2. The molecule has 0 fully saturated rings. The van der Waals surface area contributed by atoms with Crippen LogP contribution in [0.2, 0.25) is 0 Å². The minimum absolute atomic E-state index is 0.345. The molecule has 1 aromatic carbocycles. The van der Waals surface area contributed by atoms with Gasteiger partial charge in [-0.05, 0) is 18.9 Å². The summed E-state index contributed by atoms with van der Waals surface area (Å²) in [5, 5.41) is 4.34. The second-order valence-corrected chi connectivity index (χ2v) is 4.40. The standard InChI is InChI=1S/C16H18N2O2/c1-3-8-14-12-18(11-13-9-6-5-7-10-13)17-15(14)16(19)20-4-2/h3,5-7,9-10,12H,1,4,8,11H2,2H3. The molecule has 0 N–H and O–H groups in total. The number of allylic oxidation sites excluding steroid dienone is 1. The minimum Gasteiger partial charge on any atom is -0.461 e. The fourth-order valence-corrected chi connectivity index (χ4v) is 1.99. The number of carbonyl (C=O) groups excluding carboxylic acids is 1. The Morgan fingerprint density at radius 2 is 2.15 bits per heavy atom. The van der Waals surface area contributed by atoms with Crippen LogP contribution in [0, 0.1) is 0 Å². The van der Waals surface area contributed by atoms with E-state index in [9.17, 15) is 4.79 Å². The molecule has 0 aliphatic rings. The van der Waals surface area contributed by atoms with Gasteiger partial charge >= 0.3 is 5.97 Å². The number of carbonyl (C=O) groups is 1. The van der Waals surface area contributed by atoms with Crippen LogP contribution in [0.3, 0.4) is 0 Å². The first-order valence-corrected chi connectivity index (χ1v) is 6.63. The van der Waals surface area contributed by atoms with Crippen LogP contribution in [0.15, 0.2) is 49.2 Å². The van der Waals surface area contributed by atoms with Crippen LogP contribution >= 0.6 is 0 Å². The molecule has 0 atom stereocenters. The molecule has 4 heteroatoms. The van der Waals surface area contributed by atoms with Gasteiger partial charge in [0, 0.05) is 11.8 Å². The molecule has 0 saturated heterocycles. The Bertz CT molecular complexity index is 588. The fraction of sp³-hybridized carbons (Fsp3) is 0.250. The third-order valence-corrected chi connectivity index (χ3v) is 2.86. The highest BCUT2D eigenvalue weighted by Gasteiger charge is 2.17. The number of ether oxygens (including phenoxy) is 1. The SMILES string of the molecule is C=CCc1cn(Cc2ccccc2)nc1C(=O)OCC. The highest BCUT2D eigenvalue weighted by atomic mass is 16.5. The van der Waals surface area contributed by atoms with E-state index in [1.165, 1.54) is 0 Å². The van der Waals surface area contributed by atoms with E-state index in [0.29, 0.717) is 25.3 Å². The van der Waals surface area contributed by atoms with Crippen molar-refractivity contribution in [3.05, 3.63) is 66.0 Å². The van der Waals surface area contributed by atoms with Crippen LogP contribution < -0.4 is 0 Å². The third-order valence-electron chi connectivity index (χ3n) is 2.86. The summed E-state index contributed by atoms with van der Waals surface area (Å²) in [5.41, 5.74) is 2.35. The van der Waals surface area contributed by atoms with Crippen LogP contribution in [0.1, 0.15) is 28.5 Å². The molecule has 0 aliphatic heterocycles. The lowest BCUT2D eigenvalue weighted by molar-refractivity contribution is 0.0517. The van der Waals surface area contributed by atoms with E-state index in [0.717, 1.165) is 11.1 Å². The van der Waals surface area contributed by atoms with Crippen molar-refractivity contribution >= 4 is 5.97 Å². The zero-order valence-electron chi connectivity index (χ0n) is 11.6. The number of rotatable bonds is 6. The lowest BCUT2D eigenvalue weighted by Gasteiger charge is -2.01. The van der Waals surface area contributed by atoms with Gasteiger partial charge in [-0.25, -0.2) is 4.79 Å². The van der Waals surface area contributed by atoms with Crippen LogP contribution in [0.5, 0.6) is 0 Å². The van der Waals surface area contributed by atoms with Gasteiger partial charge in [0.05, 0.1) is 13.2 Å². The van der Waals surface area contributed by atoms with Gasteiger partial charge in [0.2, 0.25) is 0 Å². The molecule has 2 aromatic rings. The van der Waals surface area contributed by atoms with Gasteiger partial charge in [0.1, 0.15) is 0 Å². The molecule has 0 radical (unpaired) electrons. The van der Waals surface area contributed by atoms with Crippen molar-refractivity contribution in [3.8, 4) is 0 Å². The number of hydrogen-bond donors (Lipinski definition) is 0. The lowest BCUT2D eigenvalue weighted by atomic mass is 10.2. The van der Waals surface area contributed by atoms with Gasteiger partial charge in [-0.2, -0.15) is 5.10 Å². The van der Waals surface area contributed by atoms with Crippen LogP contribution in [-0.4, -0.2) is 22.4 Å². The second-order valence-electron chi connectivity index (χ2n) is 4.40. The first-order valence-electron chi connectivity index (χ1n) is 6.63. The third kappa shape index (κ3) is 3.35. The fourth-order valence-electron chi connectivity index (χ4n) is 1.99. The zero-order valence-corrected chi connectivity index (χ0v) is 11.6. The Hall–Kier alpha value is -2.36. The molecule has 2 rings (SSSR count). The van der Waals surface area contributed by atoms with Gasteiger partial charge in [-0.1, -0.05) is 36.4 Å². The normalized spacial score (nSPS) is 10.2. The zero-order chi connectivity index (χ0) is 14.4. The Labute approximate surface area is 118 Å². The maximum absolute atomic E-state index is 11.9. The second kappa shape index (κ2) is 6.70. The molecule has 1 aromatic heterocycles. The summed E-state index contributed by atoms with van der Waals surface area (Å²) >= 11 is 0. The first kappa shape index (κ1) is 14.1. The summed E-state index contributed by atoms with van der Waals surface area (Å²) in [5.74, 6) is -0.379. The van der Waals surface area contributed by atoms with E-state index in [2.05, 4.69) is 11.7 Å². The van der Waals surface area contributed by atoms with Gasteiger partial charge in [0.15, 0.2) is 5.69 Å². The van der Waals surface area contributed by atoms with E-state index < -0.39 is 0 Å². The quantitative estimate of drug-likeness (QED) is 0.599. The van der Waals surface area contributed by atoms with E-state index in [1.54, 1.807) is 17.7 Å². The molecule has 0 unspecified atom stereocenters. The van der Waals surface area contributed by atoms with Crippen molar-refractivity contribution in [2.24, 2.45) is 0 Å². The van der Waals surface area contributed by atoms with E-state index >= 15 is 0 Å². The van der Waals surface area contributed by atoms with E-state index in [4.69, 9.17) is 4.74 Å². The molecule has 20 heavy (non-hydrogen) atoms. The summed E-state index contributed by atoms with van der Waals surface area (Å²) in [7, 11) is 0. The summed E-state index contributed by atoms with van der Waals surface area (Å²) in [6, 6.07) is 9.99. The lowest BCUT2D eigenvalue weighted by Crippen LogP contribution is -2.09. The highest BCUT2D eigenvalue weighted by Crippen LogP contribution is 2.12. The average Bonchev–Trinajstić information content (AvgIpc) is 2.83. The molecule has 0 saturated carbocycles. The van der Waals surface area contributed by atoms with Gasteiger partial charge in [-0.15, -0.1) is 6.58 Å². The average molecular weight is 270 g/mol. The van der Waals surface area contributed by atoms with Crippen molar-refractivity contribution in [3.63, 3.8) is 0 Å². The summed E-state index contributed by atoms with van der Waals surface area (Å²) < 4.78 is 6.79. The van der Waals surface area contributed by atoms with Crippen molar-refractivity contribution in [2.75, 3.05) is 6.61 Å². The van der Waals surface area contributed by atoms with Crippen molar-refractivity contribution < 1.29 is 9.53 Å². The Morgan fingerprint density at radius 1 is 1.40 bits per heavy atom. The maximum Gasteiger partial charge on any atom is 0.359 e. The number of benzene rings is 1. The molecular weight excluding hydrogens is 252 g/mol. The number of nitrogens with zero attached hydrogens (tertiary/aromatic N) is 2. The van der Waals surface area contributed by atoms with Crippen molar-refractivity contribution in [1.82, 2.24) is 9.78 Å². The highest BCUT2D eigenvalue weighted by molar-refractivity contribution is 5.88.